The third-order valence-corrected chi connectivity index (χ3v) is 5.14. The predicted molar refractivity (Wildman–Crippen MR) is 114 cm³/mol. The van der Waals surface area contributed by atoms with E-state index in [1.807, 2.05) is 48.1 Å². The highest BCUT2D eigenvalue weighted by Gasteiger charge is 2.20. The minimum Gasteiger partial charge on any atom is -0.354 e. The lowest BCUT2D eigenvalue weighted by molar-refractivity contribution is -0.124. The average Bonchev–Trinajstić information content (AvgIpc) is 3.15. The highest BCUT2D eigenvalue weighted by Crippen LogP contribution is 2.19. The van der Waals surface area contributed by atoms with Crippen LogP contribution in [0.4, 0.5) is 0 Å². The highest BCUT2D eigenvalue weighted by atomic mass is 16.2. The smallest absolute Gasteiger partial charge is 0.244 e. The lowest BCUT2D eigenvalue weighted by Gasteiger charge is -2.21. The van der Waals surface area contributed by atoms with Gasteiger partial charge in [0.05, 0.1) is 11.7 Å². The number of benzene rings is 2. The molecule has 0 saturated carbocycles. The minimum atomic E-state index is -0.272. The van der Waals surface area contributed by atoms with Gasteiger partial charge in [-0.05, 0) is 31.0 Å². The Bertz CT molecular complexity index is 874. The molecule has 0 saturated heterocycles. The Balaban J connectivity index is 1.50. The zero-order valence-corrected chi connectivity index (χ0v) is 16.8. The molecule has 0 aliphatic heterocycles. The summed E-state index contributed by atoms with van der Waals surface area (Å²) >= 11 is 0. The molecular formula is C23H30N4O. The van der Waals surface area contributed by atoms with Crippen LogP contribution in [0.1, 0.15) is 38.3 Å². The van der Waals surface area contributed by atoms with Crippen molar-refractivity contribution < 1.29 is 4.79 Å². The number of nitrogens with one attached hydrogen (secondary N) is 1. The van der Waals surface area contributed by atoms with Crippen molar-refractivity contribution in [2.45, 2.75) is 39.3 Å². The number of para-hydroxylation sites is 1. The second-order valence-electron chi connectivity index (χ2n) is 7.07. The zero-order valence-electron chi connectivity index (χ0n) is 16.8. The Kier molecular flexibility index (Phi) is 7.20. The van der Waals surface area contributed by atoms with E-state index in [1.165, 1.54) is 5.56 Å². The van der Waals surface area contributed by atoms with Gasteiger partial charge >= 0.3 is 0 Å². The Morgan fingerprint density at radius 1 is 1.11 bits per heavy atom. The normalized spacial score (nSPS) is 12.4. The van der Waals surface area contributed by atoms with E-state index in [0.29, 0.717) is 13.0 Å². The van der Waals surface area contributed by atoms with Crippen LogP contribution in [-0.4, -0.2) is 40.2 Å². The number of hydrogen-bond donors (Lipinski definition) is 1. The van der Waals surface area contributed by atoms with Crippen molar-refractivity contribution in [3.05, 3.63) is 66.4 Å². The number of nitrogens with zero attached hydrogens (tertiary/aromatic N) is 3. The standard InChI is InChI=1S/C23H30N4O/c1-3-21(27-22-14-9-8-13-20(22)17-25-27)23(28)24-15-10-16-26(4-2)18-19-11-6-5-7-12-19/h5-9,11-14,17,21H,3-4,10,15-16,18H2,1-2H3,(H,24,28). The number of aromatic nitrogens is 2. The van der Waals surface area contributed by atoms with E-state index in [-0.39, 0.29) is 11.9 Å². The predicted octanol–water partition coefficient (Wildman–Crippen LogP) is 4.02. The van der Waals surface area contributed by atoms with Crippen LogP contribution in [0.3, 0.4) is 0 Å². The summed E-state index contributed by atoms with van der Waals surface area (Å²) in [7, 11) is 0. The maximum atomic E-state index is 12.7. The molecule has 3 aromatic rings. The number of carbonyl (C=O) groups excluding carboxylic acids is 1. The molecular weight excluding hydrogens is 348 g/mol. The summed E-state index contributed by atoms with van der Waals surface area (Å²) < 4.78 is 1.85. The summed E-state index contributed by atoms with van der Waals surface area (Å²) in [5, 5.41) is 8.62. The third-order valence-electron chi connectivity index (χ3n) is 5.14. The van der Waals surface area contributed by atoms with Crippen LogP contribution >= 0.6 is 0 Å². The largest absolute Gasteiger partial charge is 0.354 e. The first kappa shape index (κ1) is 20.1. The fraction of sp³-hybridized carbons (Fsp3) is 0.391. The van der Waals surface area contributed by atoms with Crippen molar-refractivity contribution in [1.82, 2.24) is 20.0 Å². The first-order chi connectivity index (χ1) is 13.7. The lowest BCUT2D eigenvalue weighted by Crippen LogP contribution is -2.35. The SMILES string of the molecule is CCC(C(=O)NCCCN(CC)Cc1ccccc1)n1ncc2ccccc21. The Morgan fingerprint density at radius 3 is 2.61 bits per heavy atom. The molecule has 5 nitrogen and oxygen atoms in total. The van der Waals surface area contributed by atoms with Crippen LogP contribution in [-0.2, 0) is 11.3 Å². The van der Waals surface area contributed by atoms with Crippen molar-refractivity contribution in [3.63, 3.8) is 0 Å². The Morgan fingerprint density at radius 2 is 1.86 bits per heavy atom. The second kappa shape index (κ2) is 10.0. The van der Waals surface area contributed by atoms with Gasteiger partial charge in [-0.25, -0.2) is 0 Å². The first-order valence-corrected chi connectivity index (χ1v) is 10.2. The molecule has 5 heteroatoms. The summed E-state index contributed by atoms with van der Waals surface area (Å²) in [6.07, 6.45) is 3.48. The van der Waals surface area contributed by atoms with Gasteiger partial charge in [0.15, 0.2) is 0 Å². The van der Waals surface area contributed by atoms with Gasteiger partial charge in [0, 0.05) is 25.0 Å². The van der Waals surface area contributed by atoms with Crippen LogP contribution in [0.5, 0.6) is 0 Å². The van der Waals surface area contributed by atoms with E-state index in [1.54, 1.807) is 0 Å². The van der Waals surface area contributed by atoms with E-state index < -0.39 is 0 Å². The van der Waals surface area contributed by atoms with Crippen molar-refractivity contribution in [1.29, 1.82) is 0 Å². The lowest BCUT2D eigenvalue weighted by atomic mass is 10.2. The Hall–Kier alpha value is -2.66. The van der Waals surface area contributed by atoms with Gasteiger partial charge in [0.2, 0.25) is 5.91 Å². The number of carbonyl (C=O) groups is 1. The molecule has 0 aliphatic carbocycles. The molecule has 0 radical (unpaired) electrons. The quantitative estimate of drug-likeness (QED) is 0.542. The number of hydrogen-bond acceptors (Lipinski definition) is 3. The molecule has 3 rings (SSSR count). The molecule has 1 N–H and O–H groups in total. The molecule has 1 aromatic heterocycles. The molecule has 28 heavy (non-hydrogen) atoms. The summed E-state index contributed by atoms with van der Waals surface area (Å²) in [6.45, 7) is 7.80. The summed E-state index contributed by atoms with van der Waals surface area (Å²) in [5.41, 5.74) is 2.33. The molecule has 148 valence electrons. The summed E-state index contributed by atoms with van der Waals surface area (Å²) in [6, 6.07) is 18.3. The van der Waals surface area contributed by atoms with Crippen molar-refractivity contribution >= 4 is 16.8 Å². The minimum absolute atomic E-state index is 0.0439. The molecule has 1 amide bonds. The fourth-order valence-corrected chi connectivity index (χ4v) is 3.53. The average molecular weight is 379 g/mol. The van der Waals surface area contributed by atoms with Gasteiger partial charge in [-0.2, -0.15) is 5.10 Å². The summed E-state index contributed by atoms with van der Waals surface area (Å²) in [4.78, 5) is 15.1. The van der Waals surface area contributed by atoms with Gasteiger partial charge in [-0.3, -0.25) is 14.4 Å². The van der Waals surface area contributed by atoms with Crippen LogP contribution in [0.2, 0.25) is 0 Å². The molecule has 0 aliphatic rings. The third kappa shape index (κ3) is 4.98. The molecule has 1 unspecified atom stereocenters. The second-order valence-corrected chi connectivity index (χ2v) is 7.07. The zero-order chi connectivity index (χ0) is 19.8. The molecule has 0 bridgehead atoms. The molecule has 0 spiro atoms. The maximum Gasteiger partial charge on any atom is 0.244 e. The number of rotatable bonds is 10. The molecule has 0 fully saturated rings. The van der Waals surface area contributed by atoms with Gasteiger partial charge in [-0.15, -0.1) is 0 Å². The van der Waals surface area contributed by atoms with E-state index in [2.05, 4.69) is 46.5 Å². The van der Waals surface area contributed by atoms with E-state index in [4.69, 9.17) is 0 Å². The van der Waals surface area contributed by atoms with E-state index in [9.17, 15) is 4.79 Å². The van der Waals surface area contributed by atoms with Gasteiger partial charge in [0.1, 0.15) is 6.04 Å². The van der Waals surface area contributed by atoms with Gasteiger partial charge < -0.3 is 5.32 Å². The Labute approximate surface area is 167 Å². The van der Waals surface area contributed by atoms with Gasteiger partial charge in [-0.1, -0.05) is 62.4 Å². The van der Waals surface area contributed by atoms with E-state index in [0.717, 1.165) is 37.0 Å². The topological polar surface area (TPSA) is 50.2 Å². The van der Waals surface area contributed by atoms with Crippen LogP contribution < -0.4 is 5.32 Å². The fourth-order valence-electron chi connectivity index (χ4n) is 3.53. The monoisotopic (exact) mass is 378 g/mol. The molecule has 1 heterocycles. The highest BCUT2D eigenvalue weighted by molar-refractivity contribution is 5.84. The molecule has 1 atom stereocenters. The van der Waals surface area contributed by atoms with Crippen LogP contribution in [0, 0.1) is 0 Å². The number of fused-ring (bicyclic) bond motifs is 1. The van der Waals surface area contributed by atoms with Crippen molar-refractivity contribution in [3.8, 4) is 0 Å². The van der Waals surface area contributed by atoms with Gasteiger partial charge in [0.25, 0.3) is 0 Å². The van der Waals surface area contributed by atoms with Crippen molar-refractivity contribution in [2.75, 3.05) is 19.6 Å². The van der Waals surface area contributed by atoms with Crippen LogP contribution in [0.25, 0.3) is 10.9 Å². The van der Waals surface area contributed by atoms with Crippen LogP contribution in [0.15, 0.2) is 60.8 Å². The first-order valence-electron chi connectivity index (χ1n) is 10.2. The maximum absolute atomic E-state index is 12.7. The van der Waals surface area contributed by atoms with E-state index >= 15 is 0 Å². The number of amides is 1. The van der Waals surface area contributed by atoms with Crippen molar-refractivity contribution in [2.24, 2.45) is 0 Å². The molecule has 2 aromatic carbocycles. The summed E-state index contributed by atoms with van der Waals surface area (Å²) in [5.74, 6) is 0.0439.